The Morgan fingerprint density at radius 3 is 2.64 bits per heavy atom. The van der Waals surface area contributed by atoms with Crippen LogP contribution in [0.4, 0.5) is 0 Å². The fourth-order valence-electron chi connectivity index (χ4n) is 5.91. The summed E-state index contributed by atoms with van der Waals surface area (Å²) < 4.78 is 13.1. The molecule has 2 aromatic rings. The van der Waals surface area contributed by atoms with Crippen LogP contribution in [0.1, 0.15) is 96.2 Å². The Labute approximate surface area is 235 Å². The third-order valence-electron chi connectivity index (χ3n) is 8.83. The molecule has 2 aliphatic heterocycles. The molecule has 0 bridgehead atoms. The van der Waals surface area contributed by atoms with E-state index in [0.29, 0.717) is 19.4 Å². The lowest BCUT2D eigenvalue weighted by molar-refractivity contribution is -0.156. The molecule has 2 saturated heterocycles. The lowest BCUT2D eigenvalue weighted by atomic mass is 9.71. The summed E-state index contributed by atoms with van der Waals surface area (Å²) in [6.45, 7) is 9.72. The van der Waals surface area contributed by atoms with Crippen molar-refractivity contribution in [1.82, 2.24) is 4.98 Å². The molecule has 3 heterocycles. The molecular weight excluding hydrogens is 516 g/mol. The number of epoxide rings is 1. The number of hydrogen-bond acceptors (Lipinski definition) is 9. The van der Waals surface area contributed by atoms with E-state index in [1.807, 2.05) is 32.0 Å². The number of aliphatic hydroxyl groups excluding tert-OH is 2. The van der Waals surface area contributed by atoms with Crippen LogP contribution in [0, 0.1) is 17.3 Å². The van der Waals surface area contributed by atoms with E-state index in [1.165, 1.54) is 0 Å². The van der Waals surface area contributed by atoms with Gasteiger partial charge in [0, 0.05) is 18.9 Å². The van der Waals surface area contributed by atoms with Crippen LogP contribution in [-0.4, -0.2) is 50.9 Å². The molecule has 0 aliphatic carbocycles. The normalized spacial score (nSPS) is 34.5. The highest BCUT2D eigenvalue weighted by Gasteiger charge is 2.53. The Kier molecular flexibility index (Phi) is 9.18. The summed E-state index contributed by atoms with van der Waals surface area (Å²) in [5.41, 5.74) is 5.85. The number of rotatable bonds is 4. The zero-order chi connectivity index (χ0) is 28.5. The summed E-state index contributed by atoms with van der Waals surface area (Å²) in [4.78, 5) is 31.4. The predicted molar refractivity (Wildman–Crippen MR) is 151 cm³/mol. The van der Waals surface area contributed by atoms with Crippen molar-refractivity contribution < 1.29 is 29.3 Å². The Balaban J connectivity index is 1.63. The maximum atomic E-state index is 13.7. The van der Waals surface area contributed by atoms with E-state index in [4.69, 9.17) is 15.2 Å². The summed E-state index contributed by atoms with van der Waals surface area (Å²) in [5, 5.41) is 23.1. The third kappa shape index (κ3) is 6.54. The summed E-state index contributed by atoms with van der Waals surface area (Å²) in [7, 11) is 0. The second-order valence-electron chi connectivity index (χ2n) is 12.2. The van der Waals surface area contributed by atoms with Crippen LogP contribution in [0.5, 0.6) is 0 Å². The number of fused-ring (bicyclic) bond motifs is 2. The number of benzene rings is 1. The smallest absolute Gasteiger partial charge is 0.309 e. The molecule has 2 aliphatic rings. The number of nitrogens with two attached hydrogens (primary N) is 1. The average molecular weight is 561 g/mol. The Morgan fingerprint density at radius 2 is 1.95 bits per heavy atom. The van der Waals surface area contributed by atoms with Gasteiger partial charge in [-0.2, -0.15) is 0 Å². The number of esters is 1. The van der Waals surface area contributed by atoms with Gasteiger partial charge in [-0.25, -0.2) is 4.98 Å². The number of carbonyl (C=O) groups is 2. The molecule has 0 amide bonds. The topological polar surface area (TPSA) is 135 Å². The van der Waals surface area contributed by atoms with E-state index in [2.05, 4.69) is 11.9 Å². The number of hydrogen-bond donors (Lipinski definition) is 3. The van der Waals surface area contributed by atoms with E-state index in [1.54, 1.807) is 25.2 Å². The van der Waals surface area contributed by atoms with Gasteiger partial charge >= 0.3 is 5.97 Å². The number of thiazole rings is 1. The number of carbonyl (C=O) groups excluding carboxylic acids is 2. The highest BCUT2D eigenvalue weighted by molar-refractivity contribution is 7.18. The second kappa shape index (κ2) is 11.9. The number of aliphatic hydroxyl groups is 2. The molecule has 4 N–H and O–H groups in total. The standard InChI is InChI=1S/C30H44N2O6S/c1-6-8-19-27(35)17(2)9-7-12-30(5)24(38-30)14-21(37-26(34)15-23(33)29(3,4)28(19)36)18-10-11-22-20(13-18)32-25(16-31)39-22/h10-11,13,17,19,21,23-24,27,33,35H,6-9,12,14-16,31H2,1-5H3/t17?,19-,21+,23+,24+,27+,30?/m1/s1. The van der Waals surface area contributed by atoms with Gasteiger partial charge in [-0.3, -0.25) is 9.59 Å². The first-order valence-corrected chi connectivity index (χ1v) is 15.1. The van der Waals surface area contributed by atoms with E-state index in [-0.39, 0.29) is 29.8 Å². The molecule has 1 aromatic carbocycles. The van der Waals surface area contributed by atoms with Crippen LogP contribution in [0.25, 0.3) is 10.2 Å². The molecule has 2 unspecified atom stereocenters. The number of ether oxygens (including phenoxy) is 2. The van der Waals surface area contributed by atoms with Crippen LogP contribution >= 0.6 is 11.3 Å². The van der Waals surface area contributed by atoms with Crippen molar-refractivity contribution in [3.8, 4) is 0 Å². The number of nitrogens with zero attached hydrogens (tertiary/aromatic N) is 1. The molecule has 1 aromatic heterocycles. The van der Waals surface area contributed by atoms with Gasteiger partial charge in [0.05, 0.1) is 46.0 Å². The number of cyclic esters (lactones) is 1. The molecular formula is C30H44N2O6S. The zero-order valence-corrected chi connectivity index (χ0v) is 24.6. The Hall–Kier alpha value is -1.91. The van der Waals surface area contributed by atoms with Gasteiger partial charge in [-0.1, -0.05) is 46.6 Å². The van der Waals surface area contributed by atoms with Crippen molar-refractivity contribution in [3.05, 3.63) is 28.8 Å². The van der Waals surface area contributed by atoms with Crippen LogP contribution in [0.3, 0.4) is 0 Å². The molecule has 4 rings (SSSR count). The summed E-state index contributed by atoms with van der Waals surface area (Å²) >= 11 is 1.54. The van der Waals surface area contributed by atoms with Gasteiger partial charge in [0.15, 0.2) is 0 Å². The van der Waals surface area contributed by atoms with E-state index >= 15 is 0 Å². The van der Waals surface area contributed by atoms with Crippen molar-refractivity contribution in [1.29, 1.82) is 0 Å². The van der Waals surface area contributed by atoms with Crippen molar-refractivity contribution in [2.24, 2.45) is 23.0 Å². The van der Waals surface area contributed by atoms with Gasteiger partial charge in [-0.15, -0.1) is 11.3 Å². The molecule has 216 valence electrons. The first-order valence-electron chi connectivity index (χ1n) is 14.3. The fourth-order valence-corrected chi connectivity index (χ4v) is 6.73. The summed E-state index contributed by atoms with van der Waals surface area (Å²) in [6, 6.07) is 5.85. The fraction of sp³-hybridized carbons (Fsp3) is 0.700. The number of aromatic nitrogens is 1. The SMILES string of the molecule is CCC[C@H]1C(=O)C(C)(C)[C@@H](O)CC(=O)O[C@H](c2ccc3sc(CN)nc3c2)C[C@@H]2OC2(C)CCCC(C)[C@@H]1O. The van der Waals surface area contributed by atoms with Crippen molar-refractivity contribution in [3.63, 3.8) is 0 Å². The molecule has 9 heteroatoms. The highest BCUT2D eigenvalue weighted by Crippen LogP contribution is 2.47. The maximum Gasteiger partial charge on any atom is 0.309 e. The van der Waals surface area contributed by atoms with Gasteiger partial charge in [0.25, 0.3) is 0 Å². The molecule has 39 heavy (non-hydrogen) atoms. The maximum absolute atomic E-state index is 13.7. The zero-order valence-electron chi connectivity index (χ0n) is 23.8. The minimum Gasteiger partial charge on any atom is -0.457 e. The highest BCUT2D eigenvalue weighted by atomic mass is 32.1. The van der Waals surface area contributed by atoms with Gasteiger partial charge < -0.3 is 25.4 Å². The van der Waals surface area contributed by atoms with E-state index in [0.717, 1.165) is 46.5 Å². The van der Waals surface area contributed by atoms with Crippen LogP contribution < -0.4 is 5.73 Å². The van der Waals surface area contributed by atoms with E-state index < -0.39 is 35.6 Å². The molecule has 0 saturated carbocycles. The van der Waals surface area contributed by atoms with Gasteiger partial charge in [-0.05, 0) is 49.8 Å². The number of Topliss-reactive ketones (excluding diaryl/α,β-unsaturated/α-hetero) is 1. The van der Waals surface area contributed by atoms with E-state index in [9.17, 15) is 19.8 Å². The lowest BCUT2D eigenvalue weighted by Crippen LogP contribution is -2.46. The average Bonchev–Trinajstić information content (AvgIpc) is 3.33. The minimum atomic E-state index is -1.25. The third-order valence-corrected chi connectivity index (χ3v) is 9.89. The predicted octanol–water partition coefficient (Wildman–Crippen LogP) is 4.83. The monoisotopic (exact) mass is 560 g/mol. The first-order chi connectivity index (χ1) is 18.4. The largest absolute Gasteiger partial charge is 0.457 e. The summed E-state index contributed by atoms with van der Waals surface area (Å²) in [6.07, 6.45) is 1.15. The molecule has 2 fully saturated rings. The molecule has 0 spiro atoms. The Morgan fingerprint density at radius 1 is 1.21 bits per heavy atom. The molecule has 0 radical (unpaired) electrons. The molecule has 7 atom stereocenters. The minimum absolute atomic E-state index is 0.0758. The van der Waals surface area contributed by atoms with Crippen molar-refractivity contribution in [2.45, 2.75) is 116 Å². The quantitative estimate of drug-likeness (QED) is 0.357. The lowest BCUT2D eigenvalue weighted by Gasteiger charge is -2.36. The summed E-state index contributed by atoms with van der Waals surface area (Å²) in [5.74, 6) is -1.47. The van der Waals surface area contributed by atoms with Crippen molar-refractivity contribution >= 4 is 33.3 Å². The van der Waals surface area contributed by atoms with Gasteiger partial charge in [0.2, 0.25) is 0 Å². The van der Waals surface area contributed by atoms with Crippen LogP contribution in [0.15, 0.2) is 18.2 Å². The first kappa shape index (κ1) is 30.1. The number of ketones is 1. The van der Waals surface area contributed by atoms with Crippen LogP contribution in [-0.2, 0) is 25.6 Å². The van der Waals surface area contributed by atoms with Crippen LogP contribution in [0.2, 0.25) is 0 Å². The second-order valence-corrected chi connectivity index (χ2v) is 13.3. The Bertz CT molecular complexity index is 1180. The van der Waals surface area contributed by atoms with Crippen molar-refractivity contribution in [2.75, 3.05) is 0 Å². The van der Waals surface area contributed by atoms with Gasteiger partial charge in [0.1, 0.15) is 16.9 Å². The molecule has 8 nitrogen and oxygen atoms in total.